The van der Waals surface area contributed by atoms with E-state index in [1.54, 1.807) is 28.6 Å². The highest BCUT2D eigenvalue weighted by atomic mass is 32.2. The van der Waals surface area contributed by atoms with Crippen LogP contribution in [0.5, 0.6) is 11.5 Å². The predicted molar refractivity (Wildman–Crippen MR) is 115 cm³/mol. The molecule has 30 heavy (non-hydrogen) atoms. The molecule has 1 amide bonds. The minimum absolute atomic E-state index is 0.0242. The second-order valence-electron chi connectivity index (χ2n) is 7.94. The van der Waals surface area contributed by atoms with E-state index in [9.17, 15) is 13.2 Å². The normalized spacial score (nSPS) is 20.9. The Morgan fingerprint density at radius 2 is 1.77 bits per heavy atom. The zero-order chi connectivity index (χ0) is 21.2. The highest BCUT2D eigenvalue weighted by Gasteiger charge is 2.51. The highest BCUT2D eigenvalue weighted by molar-refractivity contribution is 7.89. The molecule has 1 heterocycles. The molecule has 2 aromatic rings. The van der Waals surface area contributed by atoms with Gasteiger partial charge >= 0.3 is 0 Å². The Labute approximate surface area is 177 Å². The first-order valence-corrected chi connectivity index (χ1v) is 11.7. The van der Waals surface area contributed by atoms with E-state index < -0.39 is 15.6 Å². The van der Waals surface area contributed by atoms with E-state index in [4.69, 9.17) is 4.74 Å². The lowest BCUT2D eigenvalue weighted by Crippen LogP contribution is -2.63. The van der Waals surface area contributed by atoms with E-state index in [2.05, 4.69) is 11.9 Å². The highest BCUT2D eigenvalue weighted by Crippen LogP contribution is 2.47. The SMILES string of the molecule is C=CC(=O)NC1CCN(S(=O)(=O)c2ccc(Oc3ccccc3)cc2)C2(CCC2)C1. The van der Waals surface area contributed by atoms with E-state index in [0.29, 0.717) is 30.9 Å². The number of ether oxygens (including phenoxy) is 1. The van der Waals surface area contributed by atoms with E-state index in [1.165, 1.54) is 6.08 Å². The molecule has 1 saturated carbocycles. The molecule has 6 nitrogen and oxygen atoms in total. The van der Waals surface area contributed by atoms with Crippen LogP contribution >= 0.6 is 0 Å². The summed E-state index contributed by atoms with van der Waals surface area (Å²) in [7, 11) is -3.63. The Balaban J connectivity index is 1.51. The zero-order valence-electron chi connectivity index (χ0n) is 16.8. The molecule has 2 fully saturated rings. The molecule has 1 aliphatic carbocycles. The average molecular weight is 427 g/mol. The number of nitrogens with zero attached hydrogens (tertiary/aromatic N) is 1. The molecule has 2 aliphatic rings. The van der Waals surface area contributed by atoms with Gasteiger partial charge in [-0.2, -0.15) is 4.31 Å². The van der Waals surface area contributed by atoms with Crippen LogP contribution in [0.4, 0.5) is 0 Å². The molecule has 0 radical (unpaired) electrons. The summed E-state index contributed by atoms with van der Waals surface area (Å²) in [6.07, 6.45) is 5.13. The molecule has 158 valence electrons. The summed E-state index contributed by atoms with van der Waals surface area (Å²) in [4.78, 5) is 12.0. The van der Waals surface area contributed by atoms with Crippen molar-refractivity contribution in [3.8, 4) is 11.5 Å². The maximum absolute atomic E-state index is 13.4. The monoisotopic (exact) mass is 426 g/mol. The quantitative estimate of drug-likeness (QED) is 0.712. The van der Waals surface area contributed by atoms with Crippen LogP contribution in [0.3, 0.4) is 0 Å². The first-order valence-electron chi connectivity index (χ1n) is 10.2. The smallest absolute Gasteiger partial charge is 0.243 e. The van der Waals surface area contributed by atoms with E-state index in [1.807, 2.05) is 30.3 Å². The number of rotatable bonds is 6. The van der Waals surface area contributed by atoms with Gasteiger partial charge in [-0.25, -0.2) is 8.42 Å². The summed E-state index contributed by atoms with van der Waals surface area (Å²) >= 11 is 0. The standard InChI is InChI=1S/C23H26N2O4S/c1-2-22(26)24-18-13-16-25(23(17-18)14-6-15-23)30(27,28)21-11-9-20(10-12-21)29-19-7-4-3-5-8-19/h2-5,7-12,18H,1,6,13-17H2,(H,24,26). The third kappa shape index (κ3) is 4.00. The van der Waals surface area contributed by atoms with Crippen LogP contribution in [0.15, 0.2) is 72.1 Å². The predicted octanol–water partition coefficient (Wildman–Crippen LogP) is 3.86. The topological polar surface area (TPSA) is 75.7 Å². The van der Waals surface area contributed by atoms with Gasteiger partial charge in [0.25, 0.3) is 0 Å². The lowest BCUT2D eigenvalue weighted by Gasteiger charge is -2.54. The van der Waals surface area contributed by atoms with Crippen LogP contribution in [0.2, 0.25) is 0 Å². The van der Waals surface area contributed by atoms with Crippen molar-refractivity contribution in [3.63, 3.8) is 0 Å². The maximum atomic E-state index is 13.4. The van der Waals surface area contributed by atoms with Crippen molar-refractivity contribution in [2.24, 2.45) is 0 Å². The van der Waals surface area contributed by atoms with Gasteiger partial charge in [-0.3, -0.25) is 4.79 Å². The van der Waals surface area contributed by atoms with Crippen molar-refractivity contribution in [2.45, 2.75) is 48.6 Å². The molecule has 1 saturated heterocycles. The molecule has 1 unspecified atom stereocenters. The number of para-hydroxylation sites is 1. The zero-order valence-corrected chi connectivity index (χ0v) is 17.6. The largest absolute Gasteiger partial charge is 0.457 e. The first kappa shape index (κ1) is 20.6. The van der Waals surface area contributed by atoms with Crippen molar-refractivity contribution in [2.75, 3.05) is 6.54 Å². The van der Waals surface area contributed by atoms with Gasteiger partial charge in [0, 0.05) is 18.1 Å². The number of carbonyl (C=O) groups excluding carboxylic acids is 1. The van der Waals surface area contributed by atoms with Crippen LogP contribution in [-0.2, 0) is 14.8 Å². The van der Waals surface area contributed by atoms with Gasteiger partial charge in [0.2, 0.25) is 15.9 Å². The van der Waals surface area contributed by atoms with E-state index in [-0.39, 0.29) is 16.8 Å². The third-order valence-electron chi connectivity index (χ3n) is 6.04. The second kappa shape index (κ2) is 8.24. The Bertz CT molecular complexity index is 1010. The Hall–Kier alpha value is -2.64. The van der Waals surface area contributed by atoms with Gasteiger partial charge in [0.05, 0.1) is 4.90 Å². The molecule has 1 atom stereocenters. The van der Waals surface area contributed by atoms with Crippen LogP contribution in [0, 0.1) is 0 Å². The number of carbonyl (C=O) groups is 1. The molecule has 2 aromatic carbocycles. The summed E-state index contributed by atoms with van der Waals surface area (Å²) in [5.74, 6) is 1.08. The minimum atomic E-state index is -3.63. The number of benzene rings is 2. The maximum Gasteiger partial charge on any atom is 0.243 e. The molecule has 4 rings (SSSR count). The summed E-state index contributed by atoms with van der Waals surface area (Å²) in [5, 5.41) is 2.94. The fourth-order valence-electron chi connectivity index (χ4n) is 4.40. The van der Waals surface area contributed by atoms with Crippen LogP contribution in [-0.4, -0.2) is 36.8 Å². The Morgan fingerprint density at radius 1 is 1.10 bits per heavy atom. The molecule has 0 bridgehead atoms. The number of hydrogen-bond donors (Lipinski definition) is 1. The molecule has 1 aliphatic heterocycles. The average Bonchev–Trinajstić information content (AvgIpc) is 2.73. The lowest BCUT2D eigenvalue weighted by molar-refractivity contribution is -0.117. The first-order chi connectivity index (χ1) is 14.4. The van der Waals surface area contributed by atoms with Crippen molar-refractivity contribution < 1.29 is 17.9 Å². The molecule has 1 N–H and O–H groups in total. The van der Waals surface area contributed by atoms with Crippen molar-refractivity contribution in [1.82, 2.24) is 9.62 Å². The third-order valence-corrected chi connectivity index (χ3v) is 8.06. The molecular formula is C23H26N2O4S. The van der Waals surface area contributed by atoms with Crippen molar-refractivity contribution in [1.29, 1.82) is 0 Å². The summed E-state index contributed by atoms with van der Waals surface area (Å²) in [5.41, 5.74) is -0.407. The van der Waals surface area contributed by atoms with Crippen molar-refractivity contribution in [3.05, 3.63) is 67.3 Å². The second-order valence-corrected chi connectivity index (χ2v) is 9.81. The number of nitrogens with one attached hydrogen (secondary N) is 1. The number of piperidine rings is 1. The Morgan fingerprint density at radius 3 is 2.37 bits per heavy atom. The van der Waals surface area contributed by atoms with Gasteiger partial charge in [-0.1, -0.05) is 24.8 Å². The van der Waals surface area contributed by atoms with Crippen LogP contribution in [0.25, 0.3) is 0 Å². The minimum Gasteiger partial charge on any atom is -0.457 e. The van der Waals surface area contributed by atoms with Crippen LogP contribution in [0.1, 0.15) is 32.1 Å². The van der Waals surface area contributed by atoms with Gasteiger partial charge < -0.3 is 10.1 Å². The number of sulfonamides is 1. The lowest BCUT2D eigenvalue weighted by atomic mass is 9.70. The van der Waals surface area contributed by atoms with Gasteiger partial charge in [-0.05, 0) is 74.6 Å². The van der Waals surface area contributed by atoms with Gasteiger partial charge in [-0.15, -0.1) is 0 Å². The molecule has 7 heteroatoms. The number of hydrogen-bond acceptors (Lipinski definition) is 4. The van der Waals surface area contributed by atoms with E-state index in [0.717, 1.165) is 19.3 Å². The molecular weight excluding hydrogens is 400 g/mol. The summed E-state index contributed by atoms with van der Waals surface area (Å²) < 4.78 is 34.3. The summed E-state index contributed by atoms with van der Waals surface area (Å²) in [6.45, 7) is 3.89. The Kier molecular flexibility index (Phi) is 5.66. The molecule has 0 aromatic heterocycles. The van der Waals surface area contributed by atoms with Crippen molar-refractivity contribution >= 4 is 15.9 Å². The van der Waals surface area contributed by atoms with Gasteiger partial charge in [0.1, 0.15) is 11.5 Å². The number of amides is 1. The van der Waals surface area contributed by atoms with E-state index >= 15 is 0 Å². The fourth-order valence-corrected chi connectivity index (χ4v) is 6.25. The summed E-state index contributed by atoms with van der Waals surface area (Å²) in [6, 6.07) is 15.9. The molecule has 1 spiro atoms. The fraction of sp³-hybridized carbons (Fsp3) is 0.348. The van der Waals surface area contributed by atoms with Crippen LogP contribution < -0.4 is 10.1 Å². The van der Waals surface area contributed by atoms with Gasteiger partial charge in [0.15, 0.2) is 0 Å².